The molecule has 0 amide bonds. The topological polar surface area (TPSA) is 98.5 Å². The fourth-order valence-electron chi connectivity index (χ4n) is 3.21. The highest BCUT2D eigenvalue weighted by Gasteiger charge is 2.27. The molecule has 0 aliphatic heterocycles. The van der Waals surface area contributed by atoms with Gasteiger partial charge in [-0.2, -0.15) is 4.52 Å². The maximum Gasteiger partial charge on any atom is 0.229 e. The van der Waals surface area contributed by atoms with Gasteiger partial charge in [0.1, 0.15) is 5.82 Å². The van der Waals surface area contributed by atoms with Gasteiger partial charge < -0.3 is 10.1 Å². The second-order valence-electron chi connectivity index (χ2n) is 7.67. The van der Waals surface area contributed by atoms with E-state index in [1.54, 1.807) is 18.2 Å². The lowest BCUT2D eigenvalue weighted by molar-refractivity contribution is 0.0787. The van der Waals surface area contributed by atoms with Crippen LogP contribution in [-0.2, 0) is 14.6 Å². The van der Waals surface area contributed by atoms with Crippen molar-refractivity contribution in [3.63, 3.8) is 0 Å². The van der Waals surface area contributed by atoms with Gasteiger partial charge in [-0.3, -0.25) is 0 Å². The van der Waals surface area contributed by atoms with Crippen LogP contribution in [0.4, 0.5) is 5.82 Å². The van der Waals surface area contributed by atoms with Crippen molar-refractivity contribution in [3.05, 3.63) is 40.8 Å². The lowest BCUT2D eigenvalue weighted by atomic mass is 10.1. The van der Waals surface area contributed by atoms with E-state index in [1.807, 2.05) is 39.1 Å². The Kier molecular flexibility index (Phi) is 5.96. The van der Waals surface area contributed by atoms with E-state index < -0.39 is 9.84 Å². The zero-order valence-corrected chi connectivity index (χ0v) is 19.5. The van der Waals surface area contributed by atoms with E-state index in [0.717, 1.165) is 27.8 Å². The van der Waals surface area contributed by atoms with Crippen LogP contribution in [0.2, 0.25) is 0 Å². The number of nitrogens with one attached hydrogen (secondary N) is 1. The number of fused-ring (bicyclic) bond motifs is 3. The van der Waals surface area contributed by atoms with Gasteiger partial charge in [-0.1, -0.05) is 11.3 Å². The second kappa shape index (κ2) is 8.52. The van der Waals surface area contributed by atoms with Crippen molar-refractivity contribution in [2.45, 2.75) is 50.1 Å². The first-order valence-corrected chi connectivity index (χ1v) is 12.5. The van der Waals surface area contributed by atoms with Crippen LogP contribution < -0.4 is 5.32 Å². The van der Waals surface area contributed by atoms with E-state index in [4.69, 9.17) is 4.74 Å². The van der Waals surface area contributed by atoms with Crippen molar-refractivity contribution in [1.82, 2.24) is 19.8 Å². The van der Waals surface area contributed by atoms with Crippen molar-refractivity contribution in [1.29, 1.82) is 0 Å². The maximum absolute atomic E-state index is 13.3. The van der Waals surface area contributed by atoms with Gasteiger partial charge in [0.05, 0.1) is 21.2 Å². The summed E-state index contributed by atoms with van der Waals surface area (Å²) < 4.78 is 34.6. The fraction of sp³-hybridized carbons (Fsp3) is 0.381. The molecule has 3 aromatic heterocycles. The number of anilines is 1. The summed E-state index contributed by atoms with van der Waals surface area (Å²) in [7, 11) is -3.87. The summed E-state index contributed by atoms with van der Waals surface area (Å²) in [6, 6.07) is 6.94. The minimum atomic E-state index is -3.87. The molecule has 164 valence electrons. The monoisotopic (exact) mass is 459 g/mol. The summed E-state index contributed by atoms with van der Waals surface area (Å²) in [4.78, 5) is 4.80. The number of aromatic nitrogens is 4. The molecule has 1 N–H and O–H groups in total. The first-order valence-electron chi connectivity index (χ1n) is 10.1. The average Bonchev–Trinajstić information content (AvgIpc) is 3.36. The molecule has 0 unspecified atom stereocenters. The van der Waals surface area contributed by atoms with Crippen LogP contribution in [0.3, 0.4) is 0 Å². The molecule has 0 saturated heterocycles. The van der Waals surface area contributed by atoms with Crippen LogP contribution in [0.25, 0.3) is 15.9 Å². The predicted octanol–water partition coefficient (Wildman–Crippen LogP) is 4.02. The third-order valence-corrected chi connectivity index (χ3v) is 7.59. The lowest BCUT2D eigenvalue weighted by Gasteiger charge is -2.10. The molecule has 10 heteroatoms. The smallest absolute Gasteiger partial charge is 0.229 e. The Morgan fingerprint density at radius 3 is 2.74 bits per heavy atom. The number of aryl methyl sites for hydroxylation is 2. The van der Waals surface area contributed by atoms with Crippen LogP contribution in [0.15, 0.2) is 39.6 Å². The van der Waals surface area contributed by atoms with Gasteiger partial charge in [-0.15, -0.1) is 16.4 Å². The van der Waals surface area contributed by atoms with Crippen molar-refractivity contribution < 1.29 is 13.2 Å². The van der Waals surface area contributed by atoms with Gasteiger partial charge in [0.15, 0.2) is 5.65 Å². The Bertz CT molecular complexity index is 1340. The van der Waals surface area contributed by atoms with Crippen molar-refractivity contribution in [2.24, 2.45) is 0 Å². The number of nitrogens with zero attached hydrogens (tertiary/aromatic N) is 4. The highest BCUT2D eigenvalue weighted by molar-refractivity contribution is 7.91. The summed E-state index contributed by atoms with van der Waals surface area (Å²) >= 11 is 1.52. The van der Waals surface area contributed by atoms with Gasteiger partial charge >= 0.3 is 0 Å². The number of hydrogen-bond donors (Lipinski definition) is 1. The maximum atomic E-state index is 13.3. The van der Waals surface area contributed by atoms with Crippen molar-refractivity contribution in [2.75, 3.05) is 18.5 Å². The molecule has 0 fully saturated rings. The van der Waals surface area contributed by atoms with Crippen LogP contribution in [0.1, 0.15) is 31.4 Å². The predicted molar refractivity (Wildman–Crippen MR) is 122 cm³/mol. The molecule has 0 spiro atoms. The summed E-state index contributed by atoms with van der Waals surface area (Å²) in [6.45, 7) is 9.13. The molecule has 31 heavy (non-hydrogen) atoms. The van der Waals surface area contributed by atoms with E-state index in [2.05, 4.69) is 20.6 Å². The molecular weight excluding hydrogens is 434 g/mol. The van der Waals surface area contributed by atoms with Crippen LogP contribution >= 0.6 is 11.3 Å². The Balaban J connectivity index is 1.73. The molecule has 0 bridgehead atoms. The number of rotatable bonds is 8. The standard InChI is InChI=1S/C21H25N5O3S2/c1-13(2)29-10-5-9-22-19-18-17(8-11-30-18)26-20(23-19)21(24-25-26)31(27,28)16-7-6-14(3)15(4)12-16/h6-8,11-13H,5,9-10H2,1-4H3,(H,22,23). The van der Waals surface area contributed by atoms with Crippen molar-refractivity contribution >= 4 is 42.9 Å². The molecule has 1 aromatic carbocycles. The minimum absolute atomic E-state index is 0.143. The number of ether oxygens (including phenoxy) is 1. The van der Waals surface area contributed by atoms with Gasteiger partial charge in [0, 0.05) is 13.2 Å². The Labute approximate surface area is 185 Å². The molecular formula is C21H25N5O3S2. The van der Waals surface area contributed by atoms with E-state index >= 15 is 0 Å². The summed E-state index contributed by atoms with van der Waals surface area (Å²) in [5.74, 6) is 0.626. The van der Waals surface area contributed by atoms with E-state index in [-0.39, 0.29) is 21.7 Å². The molecule has 0 aliphatic rings. The molecule has 8 nitrogen and oxygen atoms in total. The van der Waals surface area contributed by atoms with Crippen LogP contribution in [-0.4, -0.2) is 47.5 Å². The molecule has 3 heterocycles. The van der Waals surface area contributed by atoms with Gasteiger partial charge in [-0.25, -0.2) is 13.4 Å². The fourth-order valence-corrected chi connectivity index (χ4v) is 5.36. The van der Waals surface area contributed by atoms with E-state index in [1.165, 1.54) is 15.9 Å². The molecule has 0 atom stereocenters. The first kappa shape index (κ1) is 21.7. The summed E-state index contributed by atoms with van der Waals surface area (Å²) in [6.07, 6.45) is 0.998. The largest absolute Gasteiger partial charge is 0.379 e. The van der Waals surface area contributed by atoms with Gasteiger partial charge in [0.2, 0.25) is 14.9 Å². The minimum Gasteiger partial charge on any atom is -0.379 e. The third kappa shape index (κ3) is 4.15. The summed E-state index contributed by atoms with van der Waals surface area (Å²) in [5.41, 5.74) is 2.91. The normalized spacial score (nSPS) is 12.3. The number of hydrogen-bond acceptors (Lipinski definition) is 8. The zero-order chi connectivity index (χ0) is 22.2. The first-order chi connectivity index (χ1) is 14.8. The van der Waals surface area contributed by atoms with Gasteiger partial charge in [-0.05, 0) is 68.8 Å². The quantitative estimate of drug-likeness (QED) is 0.397. The van der Waals surface area contributed by atoms with Crippen LogP contribution in [0.5, 0.6) is 0 Å². The highest BCUT2D eigenvalue weighted by Crippen LogP contribution is 2.31. The highest BCUT2D eigenvalue weighted by atomic mass is 32.2. The van der Waals surface area contributed by atoms with Crippen LogP contribution in [0, 0.1) is 13.8 Å². The van der Waals surface area contributed by atoms with Crippen molar-refractivity contribution in [3.8, 4) is 0 Å². The number of benzene rings is 1. The molecule has 0 radical (unpaired) electrons. The van der Waals surface area contributed by atoms with Gasteiger partial charge in [0.25, 0.3) is 0 Å². The second-order valence-corrected chi connectivity index (χ2v) is 10.5. The zero-order valence-electron chi connectivity index (χ0n) is 17.9. The average molecular weight is 460 g/mol. The van der Waals surface area contributed by atoms with E-state index in [0.29, 0.717) is 19.0 Å². The molecule has 4 rings (SSSR count). The third-order valence-electron chi connectivity index (χ3n) is 5.03. The SMILES string of the molecule is Cc1ccc(S(=O)(=O)c2nnn3c2nc(NCCCOC(C)C)c2sccc23)cc1C. The Morgan fingerprint density at radius 1 is 1.19 bits per heavy atom. The number of sulfone groups is 1. The molecule has 0 saturated carbocycles. The Hall–Kier alpha value is -2.56. The molecule has 4 aromatic rings. The molecule has 0 aliphatic carbocycles. The van der Waals surface area contributed by atoms with E-state index in [9.17, 15) is 8.42 Å². The summed E-state index contributed by atoms with van der Waals surface area (Å²) in [5, 5.41) is 13.2. The Morgan fingerprint density at radius 2 is 2.00 bits per heavy atom. The number of thiophene rings is 1. The lowest BCUT2D eigenvalue weighted by Crippen LogP contribution is -2.11.